The lowest BCUT2D eigenvalue weighted by Gasteiger charge is -2.44. The number of carbonyl (C=O) groups excluding carboxylic acids is 4. The highest BCUT2D eigenvalue weighted by atomic mass is 79.9. The molecule has 0 aliphatic carbocycles. The van der Waals surface area contributed by atoms with Gasteiger partial charge in [0.2, 0.25) is 23.7 Å². The van der Waals surface area contributed by atoms with Crippen LogP contribution >= 0.6 is 23.1 Å². The van der Waals surface area contributed by atoms with E-state index in [4.69, 9.17) is 9.72 Å². The molecule has 2 atom stereocenters. The van der Waals surface area contributed by atoms with Crippen molar-refractivity contribution < 1.29 is 28.5 Å². The van der Waals surface area contributed by atoms with Crippen LogP contribution in [0.25, 0.3) is 11.0 Å². The van der Waals surface area contributed by atoms with E-state index in [9.17, 15) is 23.7 Å². The number of hydrogen-bond donors (Lipinski definition) is 3. The molecule has 4 saturated heterocycles. The second kappa shape index (κ2) is 19.6. The minimum absolute atomic E-state index is 0.0855. The van der Waals surface area contributed by atoms with E-state index in [1.165, 1.54) is 5.56 Å². The number of ether oxygens (including phenoxy) is 1. The summed E-state index contributed by atoms with van der Waals surface area (Å²) in [5, 5.41) is 9.75. The minimum atomic E-state index is -2.79. The molecule has 366 valence electrons. The van der Waals surface area contributed by atoms with E-state index < -0.39 is 19.1 Å². The number of imide groups is 1. The molecule has 0 saturated carbocycles. The molecule has 70 heavy (non-hydrogen) atoms. The summed E-state index contributed by atoms with van der Waals surface area (Å²) in [7, 11) is -1.12. The van der Waals surface area contributed by atoms with Crippen LogP contribution in [0.5, 0.6) is 5.75 Å². The SMILES string of the molecule is CCc1cc(Nc2ncc(Br)c(Nc3ccc4nccnc4c3P(C)(C)=O)n2)c(OC)cc1N1CCC(N2CCN(C(=O)[C@@H]3CCN(c4ccc5c(c4)CN(C4CCC(=O)NC4=O)C5=O)C3)CC2)CC1. The standard InChI is InChI=1S/C50H58BrN12O6P/c1-5-30-25-39(56-50-54-27-36(51)46(58-50)55-38-9-8-37-44(53-16-15-52-37)45(38)70(3,4)68)42(69-2)26-41(30)60-18-13-33(14-19-60)59-20-22-61(23-21-59)48(66)31-12-17-62(28-31)34-6-7-35-32(24-34)29-63(49(35)67)40-10-11-43(64)57-47(40)65/h6-9,15-16,24-27,31,33,40H,5,10-14,17-23,28-29H2,1-4H3,(H,57,64,65)(H2,54,55,56,58)/t31-,40?/m1/s1. The Labute approximate surface area is 415 Å². The van der Waals surface area contributed by atoms with Crippen molar-refractivity contribution in [3.05, 3.63) is 82.2 Å². The zero-order chi connectivity index (χ0) is 48.8. The lowest BCUT2D eigenvalue weighted by atomic mass is 9.99. The highest BCUT2D eigenvalue weighted by molar-refractivity contribution is 9.10. The summed E-state index contributed by atoms with van der Waals surface area (Å²) in [5.74, 6) is 0.771. The second-order valence-corrected chi connectivity index (χ2v) is 23.2. The largest absolute Gasteiger partial charge is 0.494 e. The number of nitrogens with one attached hydrogen (secondary N) is 3. The van der Waals surface area contributed by atoms with Gasteiger partial charge in [-0.1, -0.05) is 6.92 Å². The maximum atomic E-state index is 13.9. The fourth-order valence-electron chi connectivity index (χ4n) is 10.9. The van der Waals surface area contributed by atoms with Gasteiger partial charge in [0, 0.05) is 113 Å². The van der Waals surface area contributed by atoms with Gasteiger partial charge in [-0.05, 0) is 109 Å². The van der Waals surface area contributed by atoms with E-state index in [-0.39, 0.29) is 30.1 Å². The Hall–Kier alpha value is -6.17. The summed E-state index contributed by atoms with van der Waals surface area (Å²) in [6.45, 7) is 12.3. The third kappa shape index (κ3) is 9.42. The van der Waals surface area contributed by atoms with Gasteiger partial charge in [0.15, 0.2) is 0 Å². The molecule has 5 aromatic rings. The van der Waals surface area contributed by atoms with E-state index in [0.29, 0.717) is 75.1 Å². The number of piperazine rings is 1. The third-order valence-corrected chi connectivity index (χ3v) is 16.6. The molecule has 5 aliphatic rings. The number of nitrogens with zero attached hydrogens (tertiary/aromatic N) is 9. The first-order chi connectivity index (χ1) is 33.8. The molecule has 0 radical (unpaired) electrons. The number of halogens is 1. The van der Waals surface area contributed by atoms with Crippen molar-refractivity contribution in [3.63, 3.8) is 0 Å². The fraction of sp³-hybridized carbons (Fsp3) is 0.440. The Morgan fingerprint density at radius 2 is 1.66 bits per heavy atom. The molecule has 7 heterocycles. The van der Waals surface area contributed by atoms with E-state index >= 15 is 0 Å². The van der Waals surface area contributed by atoms with Crippen molar-refractivity contribution in [2.45, 2.75) is 64.1 Å². The zero-order valence-electron chi connectivity index (χ0n) is 39.9. The van der Waals surface area contributed by atoms with Crippen molar-refractivity contribution >= 4 is 97.6 Å². The number of anilines is 6. The van der Waals surface area contributed by atoms with Crippen molar-refractivity contribution in [2.24, 2.45) is 5.92 Å². The predicted molar refractivity (Wildman–Crippen MR) is 273 cm³/mol. The number of aryl methyl sites for hydroxylation is 1. The number of aromatic nitrogens is 4. The fourth-order valence-corrected chi connectivity index (χ4v) is 12.6. The molecule has 5 aliphatic heterocycles. The smallest absolute Gasteiger partial charge is 0.255 e. The molecule has 3 N–H and O–H groups in total. The van der Waals surface area contributed by atoms with Crippen LogP contribution < -0.4 is 35.8 Å². The number of amides is 4. The van der Waals surface area contributed by atoms with Crippen LogP contribution in [0.15, 0.2) is 65.5 Å². The topological polar surface area (TPSA) is 198 Å². The van der Waals surface area contributed by atoms with Crippen LogP contribution in [0.3, 0.4) is 0 Å². The first kappa shape index (κ1) is 47.5. The molecule has 20 heteroatoms. The maximum Gasteiger partial charge on any atom is 0.255 e. The van der Waals surface area contributed by atoms with E-state index in [2.05, 4.69) is 85.5 Å². The molecule has 1 unspecified atom stereocenters. The normalized spacial score (nSPS) is 20.3. The maximum absolute atomic E-state index is 13.9. The third-order valence-electron chi connectivity index (χ3n) is 14.5. The number of fused-ring (bicyclic) bond motifs is 2. The number of piperidine rings is 2. The summed E-state index contributed by atoms with van der Waals surface area (Å²) >= 11 is 3.60. The summed E-state index contributed by atoms with van der Waals surface area (Å²) in [6, 6.07) is 13.5. The van der Waals surface area contributed by atoms with Gasteiger partial charge in [-0.25, -0.2) is 4.98 Å². The Morgan fingerprint density at radius 1 is 0.886 bits per heavy atom. The Bertz CT molecular complexity index is 2940. The molecule has 10 rings (SSSR count). The molecule has 4 fully saturated rings. The van der Waals surface area contributed by atoms with Gasteiger partial charge in [0.1, 0.15) is 30.3 Å². The molecule has 0 bridgehead atoms. The molecule has 3 aromatic carbocycles. The summed E-state index contributed by atoms with van der Waals surface area (Å²) < 4.78 is 20.2. The number of rotatable bonds is 12. The van der Waals surface area contributed by atoms with Gasteiger partial charge in [-0.2, -0.15) is 4.98 Å². The Kier molecular flexibility index (Phi) is 13.3. The number of benzene rings is 3. The van der Waals surface area contributed by atoms with Crippen LogP contribution in [0.2, 0.25) is 0 Å². The van der Waals surface area contributed by atoms with Gasteiger partial charge < -0.3 is 39.5 Å². The molecular formula is C50H58BrN12O6P. The van der Waals surface area contributed by atoms with Crippen LogP contribution in [0.1, 0.15) is 60.5 Å². The van der Waals surface area contributed by atoms with Crippen molar-refractivity contribution in [2.75, 3.05) is 93.2 Å². The van der Waals surface area contributed by atoms with E-state index in [1.807, 2.05) is 30.3 Å². The van der Waals surface area contributed by atoms with Gasteiger partial charge in [0.05, 0.1) is 39.7 Å². The average Bonchev–Trinajstić information content (AvgIpc) is 3.99. The minimum Gasteiger partial charge on any atom is -0.494 e. The quantitative estimate of drug-likeness (QED) is 0.0988. The first-order valence-electron chi connectivity index (χ1n) is 24.1. The Balaban J connectivity index is 0.728. The van der Waals surface area contributed by atoms with Crippen LogP contribution in [0.4, 0.5) is 34.5 Å². The molecule has 2 aromatic heterocycles. The lowest BCUT2D eigenvalue weighted by Crippen LogP contribution is -2.55. The van der Waals surface area contributed by atoms with Crippen molar-refractivity contribution in [3.8, 4) is 5.75 Å². The summed E-state index contributed by atoms with van der Waals surface area (Å²) in [4.78, 5) is 80.6. The van der Waals surface area contributed by atoms with E-state index in [1.54, 1.807) is 43.9 Å². The predicted octanol–water partition coefficient (Wildman–Crippen LogP) is 5.89. The van der Waals surface area contributed by atoms with Crippen molar-refractivity contribution in [1.29, 1.82) is 0 Å². The molecule has 18 nitrogen and oxygen atoms in total. The van der Waals surface area contributed by atoms with Crippen LogP contribution in [-0.2, 0) is 31.9 Å². The van der Waals surface area contributed by atoms with Gasteiger partial charge in [-0.15, -0.1) is 0 Å². The molecule has 0 spiro atoms. The van der Waals surface area contributed by atoms with Crippen molar-refractivity contribution in [1.82, 2.24) is 40.0 Å². The average molecular weight is 1030 g/mol. The van der Waals surface area contributed by atoms with Crippen LogP contribution in [0, 0.1) is 5.92 Å². The highest BCUT2D eigenvalue weighted by Gasteiger charge is 2.40. The first-order valence-corrected chi connectivity index (χ1v) is 27.5. The van der Waals surface area contributed by atoms with Gasteiger partial charge >= 0.3 is 0 Å². The molecule has 4 amide bonds. The zero-order valence-corrected chi connectivity index (χ0v) is 42.4. The number of hydrogen-bond acceptors (Lipinski definition) is 15. The second-order valence-electron chi connectivity index (χ2n) is 19.2. The van der Waals surface area contributed by atoms with E-state index in [0.717, 1.165) is 94.1 Å². The molecular weight excluding hydrogens is 976 g/mol. The van der Waals surface area contributed by atoms with Gasteiger partial charge in [-0.3, -0.25) is 39.4 Å². The lowest BCUT2D eigenvalue weighted by molar-refractivity contribution is -0.138. The Morgan fingerprint density at radius 3 is 2.40 bits per heavy atom. The highest BCUT2D eigenvalue weighted by Crippen LogP contribution is 2.42. The number of carbonyl (C=O) groups is 4. The van der Waals surface area contributed by atoms with Crippen LogP contribution in [-0.4, -0.2) is 143 Å². The summed E-state index contributed by atoms with van der Waals surface area (Å²) in [6.07, 6.45) is 9.10. The monoisotopic (exact) mass is 1030 g/mol. The summed E-state index contributed by atoms with van der Waals surface area (Å²) in [5.41, 5.74) is 7.42. The van der Waals surface area contributed by atoms with Gasteiger partial charge in [0.25, 0.3) is 5.91 Å². The number of methoxy groups -OCH3 is 1.